The molecule has 0 aliphatic carbocycles. The van der Waals surface area contributed by atoms with Crippen molar-refractivity contribution in [2.75, 3.05) is 39.4 Å². The minimum absolute atomic E-state index is 0.0846. The molecule has 134 valence electrons. The number of thiophene rings is 1. The largest absolute Gasteiger partial charge is 0.381 e. The highest BCUT2D eigenvalue weighted by atomic mass is 32.1. The molecule has 0 spiro atoms. The number of ether oxygens (including phenoxy) is 1. The first-order valence-electron chi connectivity index (χ1n) is 9.23. The molecule has 4 nitrogen and oxygen atoms in total. The third kappa shape index (κ3) is 4.19. The van der Waals surface area contributed by atoms with Crippen LogP contribution in [0.3, 0.4) is 0 Å². The van der Waals surface area contributed by atoms with E-state index >= 15 is 0 Å². The lowest BCUT2D eigenvalue weighted by Gasteiger charge is -2.42. The summed E-state index contributed by atoms with van der Waals surface area (Å²) in [4.78, 5) is 16.4. The van der Waals surface area contributed by atoms with E-state index in [0.29, 0.717) is 0 Å². The molecule has 0 atom stereocenters. The molecule has 2 fully saturated rings. The summed E-state index contributed by atoms with van der Waals surface area (Å²) in [5.41, 5.74) is 2.14. The number of nitrogens with zero attached hydrogens (tertiary/aromatic N) is 1. The minimum Gasteiger partial charge on any atom is -0.381 e. The predicted molar refractivity (Wildman–Crippen MR) is 98.9 cm³/mol. The van der Waals surface area contributed by atoms with E-state index in [4.69, 9.17) is 4.74 Å². The third-order valence-corrected chi connectivity index (χ3v) is 6.73. The lowest BCUT2D eigenvalue weighted by molar-refractivity contribution is -0.00671. The number of amides is 1. The monoisotopic (exact) mass is 350 g/mol. The van der Waals surface area contributed by atoms with Gasteiger partial charge in [0, 0.05) is 42.0 Å². The van der Waals surface area contributed by atoms with Crippen LogP contribution in [0, 0.1) is 19.3 Å². The fraction of sp³-hybridized carbons (Fsp3) is 0.737. The lowest BCUT2D eigenvalue weighted by atomic mass is 9.79. The Morgan fingerprint density at radius 3 is 2.58 bits per heavy atom. The molecule has 0 aromatic carbocycles. The fourth-order valence-corrected chi connectivity index (χ4v) is 4.75. The minimum atomic E-state index is 0.0846. The molecule has 3 rings (SSSR count). The highest BCUT2D eigenvalue weighted by molar-refractivity contribution is 7.10. The molecule has 1 amide bonds. The average Bonchev–Trinajstić information content (AvgIpc) is 2.94. The van der Waals surface area contributed by atoms with E-state index in [1.165, 1.54) is 37.2 Å². The van der Waals surface area contributed by atoms with Crippen molar-refractivity contribution in [3.8, 4) is 0 Å². The summed E-state index contributed by atoms with van der Waals surface area (Å²) in [6, 6.07) is 0. The second-order valence-corrected chi connectivity index (χ2v) is 8.55. The van der Waals surface area contributed by atoms with Crippen LogP contribution in [0.2, 0.25) is 0 Å². The van der Waals surface area contributed by atoms with Crippen molar-refractivity contribution in [3.05, 3.63) is 21.4 Å². The van der Waals surface area contributed by atoms with Gasteiger partial charge in [0.2, 0.25) is 0 Å². The molecule has 1 aromatic rings. The molecule has 3 heterocycles. The molecular weight excluding hydrogens is 320 g/mol. The number of carbonyl (C=O) groups is 1. The number of hydrogen-bond acceptors (Lipinski definition) is 4. The summed E-state index contributed by atoms with van der Waals surface area (Å²) >= 11 is 1.66. The number of likely N-dealkylation sites (tertiary alicyclic amines) is 1. The second kappa shape index (κ2) is 7.98. The third-order valence-electron chi connectivity index (χ3n) is 5.72. The van der Waals surface area contributed by atoms with E-state index in [-0.39, 0.29) is 11.3 Å². The van der Waals surface area contributed by atoms with Gasteiger partial charge in [-0.05, 0) is 58.2 Å². The fourth-order valence-electron chi connectivity index (χ4n) is 3.89. The van der Waals surface area contributed by atoms with Gasteiger partial charge in [0.1, 0.15) is 0 Å². The normalized spacial score (nSPS) is 21.6. The van der Waals surface area contributed by atoms with Gasteiger partial charge >= 0.3 is 0 Å². The Balaban J connectivity index is 1.63. The predicted octanol–water partition coefficient (Wildman–Crippen LogP) is 3.38. The SMILES string of the molecule is Cc1scc(C(=O)NCC2(CN3CCCCC3)CCOCC2)c1C. The van der Waals surface area contributed by atoms with Crippen LogP contribution in [0.1, 0.15) is 52.9 Å². The molecule has 1 N–H and O–H groups in total. The van der Waals surface area contributed by atoms with Crippen molar-refractivity contribution in [1.82, 2.24) is 10.2 Å². The first-order chi connectivity index (χ1) is 11.6. The second-order valence-electron chi connectivity index (χ2n) is 7.46. The Labute approximate surface area is 149 Å². The maximum Gasteiger partial charge on any atom is 0.252 e. The van der Waals surface area contributed by atoms with E-state index in [0.717, 1.165) is 50.3 Å². The maximum absolute atomic E-state index is 12.6. The van der Waals surface area contributed by atoms with Gasteiger partial charge in [-0.2, -0.15) is 0 Å². The molecule has 0 radical (unpaired) electrons. The summed E-state index contributed by atoms with van der Waals surface area (Å²) in [7, 11) is 0. The van der Waals surface area contributed by atoms with Crippen LogP contribution in [-0.2, 0) is 4.74 Å². The first-order valence-corrected chi connectivity index (χ1v) is 10.1. The molecule has 0 saturated carbocycles. The van der Waals surface area contributed by atoms with Crippen molar-refractivity contribution in [2.24, 2.45) is 5.41 Å². The zero-order valence-corrected chi connectivity index (χ0v) is 15.8. The highest BCUT2D eigenvalue weighted by Gasteiger charge is 2.35. The molecule has 2 aliphatic heterocycles. The van der Waals surface area contributed by atoms with E-state index in [1.54, 1.807) is 11.3 Å². The molecule has 5 heteroatoms. The van der Waals surface area contributed by atoms with Gasteiger partial charge in [0.25, 0.3) is 5.91 Å². The molecule has 2 aliphatic rings. The van der Waals surface area contributed by atoms with Crippen LogP contribution in [0.15, 0.2) is 5.38 Å². The number of hydrogen-bond donors (Lipinski definition) is 1. The van der Waals surface area contributed by atoms with Crippen LogP contribution in [-0.4, -0.2) is 50.2 Å². The summed E-state index contributed by atoms with van der Waals surface area (Å²) in [5, 5.41) is 5.23. The van der Waals surface area contributed by atoms with Crippen LogP contribution in [0.25, 0.3) is 0 Å². The topological polar surface area (TPSA) is 41.6 Å². The Morgan fingerprint density at radius 2 is 1.96 bits per heavy atom. The van der Waals surface area contributed by atoms with Crippen LogP contribution in [0.5, 0.6) is 0 Å². The van der Waals surface area contributed by atoms with Gasteiger partial charge in [0.15, 0.2) is 0 Å². The van der Waals surface area contributed by atoms with E-state index in [9.17, 15) is 4.79 Å². The van der Waals surface area contributed by atoms with Crippen molar-refractivity contribution in [1.29, 1.82) is 0 Å². The van der Waals surface area contributed by atoms with Crippen LogP contribution >= 0.6 is 11.3 Å². The number of aryl methyl sites for hydroxylation is 1. The molecule has 0 bridgehead atoms. The van der Waals surface area contributed by atoms with Crippen LogP contribution in [0.4, 0.5) is 0 Å². The van der Waals surface area contributed by atoms with Crippen molar-refractivity contribution in [2.45, 2.75) is 46.0 Å². The van der Waals surface area contributed by atoms with Gasteiger partial charge in [0.05, 0.1) is 5.56 Å². The number of nitrogens with one attached hydrogen (secondary N) is 1. The van der Waals surface area contributed by atoms with E-state index in [1.807, 2.05) is 12.3 Å². The molecule has 1 aromatic heterocycles. The van der Waals surface area contributed by atoms with E-state index in [2.05, 4.69) is 17.1 Å². The molecule has 0 unspecified atom stereocenters. The van der Waals surface area contributed by atoms with Crippen molar-refractivity contribution < 1.29 is 9.53 Å². The number of rotatable bonds is 5. The summed E-state index contributed by atoms with van der Waals surface area (Å²) in [6.45, 7) is 10.0. The number of carbonyl (C=O) groups excluding carboxylic acids is 1. The zero-order valence-electron chi connectivity index (χ0n) is 15.0. The zero-order chi connectivity index (χ0) is 17.0. The quantitative estimate of drug-likeness (QED) is 0.885. The summed E-state index contributed by atoms with van der Waals surface area (Å²) in [5.74, 6) is 0.0846. The Morgan fingerprint density at radius 1 is 1.25 bits per heavy atom. The van der Waals surface area contributed by atoms with Gasteiger partial charge in [-0.15, -0.1) is 11.3 Å². The van der Waals surface area contributed by atoms with Gasteiger partial charge < -0.3 is 15.0 Å². The molecule has 2 saturated heterocycles. The first kappa shape index (κ1) is 17.9. The Hall–Kier alpha value is -0.910. The van der Waals surface area contributed by atoms with Gasteiger partial charge in [-0.1, -0.05) is 6.42 Å². The Kier molecular flexibility index (Phi) is 5.95. The van der Waals surface area contributed by atoms with E-state index < -0.39 is 0 Å². The molecule has 24 heavy (non-hydrogen) atoms. The highest BCUT2D eigenvalue weighted by Crippen LogP contribution is 2.32. The van der Waals surface area contributed by atoms with Crippen LogP contribution < -0.4 is 5.32 Å². The van der Waals surface area contributed by atoms with Gasteiger partial charge in [-0.3, -0.25) is 4.79 Å². The lowest BCUT2D eigenvalue weighted by Crippen LogP contribution is -2.49. The maximum atomic E-state index is 12.6. The summed E-state index contributed by atoms with van der Waals surface area (Å²) in [6.07, 6.45) is 6.08. The number of piperidine rings is 1. The van der Waals surface area contributed by atoms with Gasteiger partial charge in [-0.25, -0.2) is 0 Å². The molecular formula is C19H30N2O2S. The smallest absolute Gasteiger partial charge is 0.252 e. The standard InChI is InChI=1S/C19H30N2O2S/c1-15-16(2)24-12-17(15)18(22)20-13-19(6-10-23-11-7-19)14-21-8-4-3-5-9-21/h12H,3-11,13-14H2,1-2H3,(H,20,22). The Bertz CT molecular complexity index is 558. The van der Waals surface area contributed by atoms with Crippen molar-refractivity contribution in [3.63, 3.8) is 0 Å². The van der Waals surface area contributed by atoms with Crippen molar-refractivity contribution >= 4 is 17.2 Å². The average molecular weight is 351 g/mol. The summed E-state index contributed by atoms with van der Waals surface area (Å²) < 4.78 is 5.60.